The Kier molecular flexibility index (Phi) is 10.9. The Labute approximate surface area is 244 Å². The molecule has 3 rings (SSSR count). The van der Waals surface area contributed by atoms with E-state index in [0.717, 1.165) is 27.4 Å². The highest BCUT2D eigenvalue weighted by Gasteiger charge is 2.32. The number of nitrogens with one attached hydrogen (secondary N) is 1. The van der Waals surface area contributed by atoms with Crippen LogP contribution in [0.4, 0.5) is 5.69 Å². The molecule has 0 spiro atoms. The molecule has 2 unspecified atom stereocenters. The molecule has 0 saturated carbocycles. The van der Waals surface area contributed by atoms with E-state index in [1.165, 1.54) is 17.0 Å². The van der Waals surface area contributed by atoms with Crippen molar-refractivity contribution < 1.29 is 22.7 Å². The number of carbonyl (C=O) groups is 2. The van der Waals surface area contributed by atoms with Crippen molar-refractivity contribution in [2.45, 2.75) is 71.5 Å². The molecule has 0 aliphatic rings. The van der Waals surface area contributed by atoms with Gasteiger partial charge < -0.3 is 15.0 Å². The van der Waals surface area contributed by atoms with Gasteiger partial charge in [0.1, 0.15) is 18.3 Å². The predicted octanol–water partition coefficient (Wildman–Crippen LogP) is 5.23. The molecule has 0 aromatic heterocycles. The summed E-state index contributed by atoms with van der Waals surface area (Å²) in [4.78, 5) is 28.6. The Bertz CT molecular complexity index is 1410. The number of sulfonamides is 1. The van der Waals surface area contributed by atoms with Gasteiger partial charge in [-0.1, -0.05) is 54.4 Å². The first-order valence-electron chi connectivity index (χ1n) is 13.9. The Hall–Kier alpha value is -3.85. The van der Waals surface area contributed by atoms with E-state index in [-0.39, 0.29) is 23.4 Å². The van der Waals surface area contributed by atoms with Crippen molar-refractivity contribution in [3.8, 4) is 5.75 Å². The van der Waals surface area contributed by atoms with Crippen molar-refractivity contribution in [3.05, 3.63) is 89.5 Å². The Balaban J connectivity index is 2.01. The van der Waals surface area contributed by atoms with Gasteiger partial charge >= 0.3 is 0 Å². The van der Waals surface area contributed by atoms with Crippen LogP contribution in [0.3, 0.4) is 0 Å². The maximum Gasteiger partial charge on any atom is 0.264 e. The van der Waals surface area contributed by atoms with Crippen LogP contribution in [0.2, 0.25) is 0 Å². The predicted molar refractivity (Wildman–Crippen MR) is 162 cm³/mol. The van der Waals surface area contributed by atoms with E-state index in [2.05, 4.69) is 5.32 Å². The monoisotopic (exact) mass is 579 g/mol. The molecule has 3 aromatic rings. The van der Waals surface area contributed by atoms with Crippen molar-refractivity contribution in [2.75, 3.05) is 17.5 Å². The fraction of sp³-hybridized carbons (Fsp3) is 0.375. The summed E-state index contributed by atoms with van der Waals surface area (Å²) in [6.45, 7) is 11.4. The zero-order valence-corrected chi connectivity index (χ0v) is 25.6. The normalized spacial score (nSPS) is 12.7. The molecule has 0 saturated heterocycles. The molecular formula is C32H41N3O5S. The first-order valence-corrected chi connectivity index (χ1v) is 15.4. The number of nitrogens with zero attached hydrogens (tertiary/aromatic N) is 2. The van der Waals surface area contributed by atoms with Crippen LogP contribution in [0.1, 0.15) is 50.8 Å². The highest BCUT2D eigenvalue weighted by Crippen LogP contribution is 2.26. The lowest BCUT2D eigenvalue weighted by molar-refractivity contribution is -0.139. The smallest absolute Gasteiger partial charge is 0.264 e. The van der Waals surface area contributed by atoms with Gasteiger partial charge in [0, 0.05) is 12.6 Å². The van der Waals surface area contributed by atoms with Crippen LogP contribution in [0, 0.1) is 13.8 Å². The number of carbonyl (C=O) groups excluding carboxylic acids is 2. The highest BCUT2D eigenvalue weighted by atomic mass is 32.2. The average molecular weight is 580 g/mol. The molecule has 0 bridgehead atoms. The fourth-order valence-electron chi connectivity index (χ4n) is 4.18. The molecule has 0 fully saturated rings. The van der Waals surface area contributed by atoms with E-state index in [9.17, 15) is 18.0 Å². The number of hydrogen-bond donors (Lipinski definition) is 1. The molecule has 220 valence electrons. The van der Waals surface area contributed by atoms with Crippen molar-refractivity contribution >= 4 is 27.5 Å². The minimum atomic E-state index is -4.14. The van der Waals surface area contributed by atoms with E-state index in [0.29, 0.717) is 18.0 Å². The molecule has 2 atom stereocenters. The van der Waals surface area contributed by atoms with E-state index in [1.54, 1.807) is 43.3 Å². The van der Waals surface area contributed by atoms with Gasteiger partial charge in [0.05, 0.1) is 17.2 Å². The number of rotatable bonds is 13. The van der Waals surface area contributed by atoms with Crippen molar-refractivity contribution in [2.24, 2.45) is 0 Å². The van der Waals surface area contributed by atoms with Crippen LogP contribution in [0.5, 0.6) is 5.75 Å². The van der Waals surface area contributed by atoms with E-state index >= 15 is 0 Å². The Morgan fingerprint density at radius 2 is 1.41 bits per heavy atom. The lowest BCUT2D eigenvalue weighted by Crippen LogP contribution is -2.52. The van der Waals surface area contributed by atoms with Crippen LogP contribution in [0.25, 0.3) is 0 Å². The molecule has 2 amide bonds. The second kappa shape index (κ2) is 14.2. The summed E-state index contributed by atoms with van der Waals surface area (Å²) in [5.41, 5.74) is 3.21. The molecule has 0 heterocycles. The average Bonchev–Trinajstić information content (AvgIpc) is 2.96. The summed E-state index contributed by atoms with van der Waals surface area (Å²) in [6.07, 6.45) is 0.742. The third kappa shape index (κ3) is 8.33. The zero-order chi connectivity index (χ0) is 30.2. The molecule has 41 heavy (non-hydrogen) atoms. The molecule has 1 N–H and O–H groups in total. The molecule has 8 nitrogen and oxygen atoms in total. The topological polar surface area (TPSA) is 96.0 Å². The van der Waals surface area contributed by atoms with Crippen LogP contribution < -0.4 is 14.4 Å². The largest absolute Gasteiger partial charge is 0.494 e. The SMILES string of the molecule is CCOc1ccc(S(=O)(=O)N(CC(=O)N(Cc2ccc(C)cc2)C(C)C(=O)NC(C)CC)c2ccc(C)cc2)cc1. The summed E-state index contributed by atoms with van der Waals surface area (Å²) >= 11 is 0. The van der Waals surface area contributed by atoms with Gasteiger partial charge in [0.25, 0.3) is 10.0 Å². The minimum Gasteiger partial charge on any atom is -0.494 e. The van der Waals surface area contributed by atoms with E-state index < -0.39 is 28.5 Å². The van der Waals surface area contributed by atoms with Crippen molar-refractivity contribution in [3.63, 3.8) is 0 Å². The summed E-state index contributed by atoms with van der Waals surface area (Å²) in [7, 11) is -4.14. The summed E-state index contributed by atoms with van der Waals surface area (Å²) < 4.78 is 34.5. The second-order valence-corrected chi connectivity index (χ2v) is 12.1. The molecule has 9 heteroatoms. The first-order chi connectivity index (χ1) is 19.5. The van der Waals surface area contributed by atoms with Crippen LogP contribution in [0.15, 0.2) is 77.7 Å². The Morgan fingerprint density at radius 3 is 1.95 bits per heavy atom. The highest BCUT2D eigenvalue weighted by molar-refractivity contribution is 7.92. The number of ether oxygens (including phenoxy) is 1. The lowest BCUT2D eigenvalue weighted by Gasteiger charge is -2.32. The van der Waals surface area contributed by atoms with Crippen LogP contribution >= 0.6 is 0 Å². The van der Waals surface area contributed by atoms with Gasteiger partial charge in [-0.2, -0.15) is 0 Å². The quantitative estimate of drug-likeness (QED) is 0.299. The molecule has 0 aliphatic carbocycles. The zero-order valence-electron chi connectivity index (χ0n) is 24.8. The Morgan fingerprint density at radius 1 is 0.854 bits per heavy atom. The van der Waals surface area contributed by atoms with E-state index in [1.807, 2.05) is 58.9 Å². The van der Waals surface area contributed by atoms with Crippen LogP contribution in [-0.4, -0.2) is 50.4 Å². The van der Waals surface area contributed by atoms with Crippen LogP contribution in [-0.2, 0) is 26.2 Å². The van der Waals surface area contributed by atoms with Gasteiger partial charge in [-0.3, -0.25) is 13.9 Å². The van der Waals surface area contributed by atoms with Gasteiger partial charge in [0.2, 0.25) is 11.8 Å². The van der Waals surface area contributed by atoms with Gasteiger partial charge in [-0.25, -0.2) is 8.42 Å². The van der Waals surface area contributed by atoms with Crippen molar-refractivity contribution in [1.29, 1.82) is 0 Å². The van der Waals surface area contributed by atoms with Gasteiger partial charge in [0.15, 0.2) is 0 Å². The number of benzene rings is 3. The molecule has 3 aromatic carbocycles. The van der Waals surface area contributed by atoms with Crippen molar-refractivity contribution in [1.82, 2.24) is 10.2 Å². The van der Waals surface area contributed by atoms with Gasteiger partial charge in [-0.05, 0) is 83.0 Å². The third-order valence-electron chi connectivity index (χ3n) is 6.97. The number of aryl methyl sites for hydroxylation is 2. The standard InChI is InChI=1S/C32H41N3O5S/c1-7-25(5)33-32(37)26(6)34(21-27-13-9-23(3)10-14-27)31(36)22-35(28-15-11-24(4)12-16-28)41(38,39)30-19-17-29(18-20-30)40-8-2/h9-20,25-26H,7-8,21-22H2,1-6H3,(H,33,37). The lowest BCUT2D eigenvalue weighted by atomic mass is 10.1. The third-order valence-corrected chi connectivity index (χ3v) is 8.75. The van der Waals surface area contributed by atoms with Gasteiger partial charge in [-0.15, -0.1) is 0 Å². The maximum absolute atomic E-state index is 14.0. The van der Waals surface area contributed by atoms with E-state index in [4.69, 9.17) is 4.74 Å². The summed E-state index contributed by atoms with van der Waals surface area (Å²) in [5.74, 6) is -0.238. The maximum atomic E-state index is 14.0. The fourth-order valence-corrected chi connectivity index (χ4v) is 5.59. The molecular weight excluding hydrogens is 538 g/mol. The summed E-state index contributed by atoms with van der Waals surface area (Å²) in [6, 6.07) is 19.9. The minimum absolute atomic E-state index is 0.0296. The number of hydrogen-bond acceptors (Lipinski definition) is 5. The summed E-state index contributed by atoms with van der Waals surface area (Å²) in [5, 5.41) is 2.95. The number of anilines is 1. The first kappa shape index (κ1) is 31.7. The molecule has 0 aliphatic heterocycles. The second-order valence-electron chi connectivity index (χ2n) is 10.3. The number of amides is 2. The molecule has 0 radical (unpaired) electrons.